The predicted octanol–water partition coefficient (Wildman–Crippen LogP) is 17.4. The Bertz CT molecular complexity index is 3550. The van der Waals surface area contributed by atoms with Crippen LogP contribution in [-0.4, -0.2) is 28.1 Å². The number of aromatic nitrogens is 2. The molecule has 9 rings (SSSR count). The van der Waals surface area contributed by atoms with E-state index in [2.05, 4.69) is 162 Å². The Kier molecular flexibility index (Phi) is 10.2. The number of pyridine rings is 1. The molecule has 0 N–H and O–H groups in total. The Morgan fingerprint density at radius 2 is 1.09 bits per heavy atom. The first-order valence-corrected chi connectivity index (χ1v) is 24.7. The van der Waals surface area contributed by atoms with Gasteiger partial charge in [-0.05, 0) is 182 Å². The lowest BCUT2D eigenvalue weighted by Gasteiger charge is -2.27. The summed E-state index contributed by atoms with van der Waals surface area (Å²) >= 11 is 0. The number of hydrogen-bond donors (Lipinski definition) is 0. The number of hydrogen-bond acceptors (Lipinski definition) is 4. The molecule has 0 amide bonds. The third kappa shape index (κ3) is 9.28. The molecule has 5 nitrogen and oxygen atoms in total. The third-order valence-corrected chi connectivity index (χ3v) is 14.1. The molecule has 0 bridgehead atoms. The summed E-state index contributed by atoms with van der Waals surface area (Å²) < 4.78 is 61.0. The standard InChI is InChI=1S/C65H74N4O/c1-40-27-47(62(5,6)7)28-41(2)60(40)44-21-24-56-55(33-44)54-23-22-53(37-57(54)69(56)59-34-45(25-26-66-59)61-42(3)29-48(30-43(61)4)63(8,9)10)70-52-20-18-19-51(36-52)68-38-58(67(17)39-68)46-31-49(64(11,12)13)35-50(32-46)65(14,15)16/h18-38H,39H2,1-17H3/i3D3,17D3. The number of benzene rings is 6. The topological polar surface area (TPSA) is 33.5 Å². The van der Waals surface area contributed by atoms with E-state index >= 15 is 0 Å². The maximum absolute atomic E-state index is 8.71. The Balaban J connectivity index is 1.17. The van der Waals surface area contributed by atoms with Crippen molar-refractivity contribution in [2.75, 3.05) is 18.5 Å². The monoisotopic (exact) mass is 933 g/mol. The summed E-state index contributed by atoms with van der Waals surface area (Å²) in [7, 11) is 0. The van der Waals surface area contributed by atoms with Crippen LogP contribution in [-0.2, 0) is 21.7 Å². The number of rotatable bonds is 7. The van der Waals surface area contributed by atoms with Crippen LogP contribution in [0.15, 0.2) is 128 Å². The molecule has 0 saturated heterocycles. The summed E-state index contributed by atoms with van der Waals surface area (Å²) in [6.07, 6.45) is 3.71. The summed E-state index contributed by atoms with van der Waals surface area (Å²) in [6.45, 7) is 27.9. The molecule has 1 aliphatic heterocycles. The molecule has 0 aliphatic carbocycles. The van der Waals surface area contributed by atoms with Gasteiger partial charge in [0, 0.05) is 56.2 Å². The second-order valence-corrected chi connectivity index (χ2v) is 23.8. The van der Waals surface area contributed by atoms with Gasteiger partial charge in [-0.1, -0.05) is 126 Å². The van der Waals surface area contributed by atoms with Gasteiger partial charge in [0.15, 0.2) is 0 Å². The van der Waals surface area contributed by atoms with Gasteiger partial charge in [-0.15, -0.1) is 0 Å². The van der Waals surface area contributed by atoms with Gasteiger partial charge in [0.1, 0.15) is 17.3 Å². The summed E-state index contributed by atoms with van der Waals surface area (Å²) in [4.78, 5) is 8.49. The fraction of sp³-hybridized carbons (Fsp3) is 0.338. The molecule has 0 atom stereocenters. The number of nitrogens with zero attached hydrogens (tertiary/aromatic N) is 4. The largest absolute Gasteiger partial charge is 0.457 e. The molecule has 0 saturated carbocycles. The smallest absolute Gasteiger partial charge is 0.138 e. The van der Waals surface area contributed by atoms with Crippen LogP contribution >= 0.6 is 0 Å². The van der Waals surface area contributed by atoms with Gasteiger partial charge in [0.2, 0.25) is 0 Å². The van der Waals surface area contributed by atoms with E-state index in [1.807, 2.05) is 72.6 Å². The normalized spacial score (nSPS) is 15.4. The van der Waals surface area contributed by atoms with Crippen molar-refractivity contribution < 1.29 is 13.0 Å². The second kappa shape index (κ2) is 17.4. The van der Waals surface area contributed by atoms with Crippen molar-refractivity contribution in [1.29, 1.82) is 0 Å². The highest BCUT2D eigenvalue weighted by Gasteiger charge is 2.27. The molecule has 0 unspecified atom stereocenters. The molecule has 8 aromatic rings. The van der Waals surface area contributed by atoms with E-state index in [1.54, 1.807) is 6.20 Å². The first-order valence-electron chi connectivity index (χ1n) is 27.7. The van der Waals surface area contributed by atoms with Crippen molar-refractivity contribution in [3.05, 3.63) is 178 Å². The van der Waals surface area contributed by atoms with Crippen molar-refractivity contribution in [1.82, 2.24) is 14.5 Å². The van der Waals surface area contributed by atoms with Gasteiger partial charge in [-0.25, -0.2) is 4.98 Å². The zero-order valence-electron chi connectivity index (χ0n) is 50.0. The molecular weight excluding hydrogens is 853 g/mol. The van der Waals surface area contributed by atoms with Crippen molar-refractivity contribution >= 4 is 33.2 Å². The average Bonchev–Trinajstić information content (AvgIpc) is 3.90. The van der Waals surface area contributed by atoms with E-state index in [4.69, 9.17) is 17.9 Å². The second-order valence-electron chi connectivity index (χ2n) is 23.8. The van der Waals surface area contributed by atoms with Crippen LogP contribution in [0.25, 0.3) is 55.6 Å². The van der Waals surface area contributed by atoms with Crippen LogP contribution in [0, 0.1) is 27.6 Å². The van der Waals surface area contributed by atoms with Gasteiger partial charge >= 0.3 is 0 Å². The van der Waals surface area contributed by atoms with Crippen LogP contribution in [0.4, 0.5) is 5.69 Å². The number of ether oxygens (including phenoxy) is 1. The van der Waals surface area contributed by atoms with Crippen molar-refractivity contribution in [3.8, 4) is 39.6 Å². The van der Waals surface area contributed by atoms with Crippen molar-refractivity contribution in [3.63, 3.8) is 0 Å². The van der Waals surface area contributed by atoms with E-state index in [0.29, 0.717) is 34.1 Å². The summed E-state index contributed by atoms with van der Waals surface area (Å²) in [5.74, 6) is 1.83. The zero-order valence-corrected chi connectivity index (χ0v) is 44.0. The lowest BCUT2D eigenvalue weighted by molar-refractivity contribution is 0.482. The molecular formula is C65H74N4O. The summed E-state index contributed by atoms with van der Waals surface area (Å²) in [5, 5.41) is 2.05. The van der Waals surface area contributed by atoms with Crippen molar-refractivity contribution in [2.45, 2.75) is 132 Å². The van der Waals surface area contributed by atoms with E-state index in [-0.39, 0.29) is 28.3 Å². The summed E-state index contributed by atoms with van der Waals surface area (Å²) in [5.41, 5.74) is 15.6. The molecule has 6 aromatic carbocycles. The van der Waals surface area contributed by atoms with Gasteiger partial charge in [-0.2, -0.15) is 0 Å². The van der Waals surface area contributed by atoms with E-state index in [0.717, 1.165) is 66.4 Å². The lowest BCUT2D eigenvalue weighted by Crippen LogP contribution is -2.23. The molecule has 5 heteroatoms. The molecule has 360 valence electrons. The Hall–Kier alpha value is -6.59. The molecule has 3 heterocycles. The molecule has 0 fully saturated rings. The van der Waals surface area contributed by atoms with Crippen LogP contribution in [0.3, 0.4) is 0 Å². The van der Waals surface area contributed by atoms with E-state index in [9.17, 15) is 0 Å². The van der Waals surface area contributed by atoms with Gasteiger partial charge in [-0.3, -0.25) is 4.57 Å². The maximum Gasteiger partial charge on any atom is 0.138 e. The number of anilines is 1. The van der Waals surface area contributed by atoms with Crippen molar-refractivity contribution in [2.24, 2.45) is 0 Å². The molecule has 70 heavy (non-hydrogen) atoms. The highest BCUT2D eigenvalue weighted by Crippen LogP contribution is 2.42. The average molecular weight is 933 g/mol. The SMILES string of the molecule is [2H]C([2H])([2H])c1cc(C(C)(C)C)cc(C)c1-c1ccnc(-n2c3ccc(-c4c(C)cc(C(C)(C)C)cc4C)cc3c3ccc(Oc4cccc(N5C=C(c6cc(C(C)(C)C)cc(C(C)(C)C)c6)N(C([2H])([2H])[2H])C5)c4)cc32)c1. The molecule has 0 radical (unpaired) electrons. The van der Waals surface area contributed by atoms with Gasteiger partial charge in [0.25, 0.3) is 0 Å². The molecule has 0 spiro atoms. The van der Waals surface area contributed by atoms with Gasteiger partial charge < -0.3 is 14.5 Å². The number of aryl methyl sites for hydroxylation is 4. The highest BCUT2D eigenvalue weighted by atomic mass is 16.5. The first-order chi connectivity index (χ1) is 35.2. The van der Waals surface area contributed by atoms with Crippen LogP contribution in [0.2, 0.25) is 0 Å². The quantitative estimate of drug-likeness (QED) is 0.159. The minimum Gasteiger partial charge on any atom is -0.457 e. The minimum absolute atomic E-state index is 0.0109. The van der Waals surface area contributed by atoms with E-state index < -0.39 is 13.8 Å². The molecule has 2 aromatic heterocycles. The van der Waals surface area contributed by atoms with Crippen LogP contribution in [0.1, 0.15) is 141 Å². The van der Waals surface area contributed by atoms with E-state index in [1.165, 1.54) is 27.2 Å². The summed E-state index contributed by atoms with van der Waals surface area (Å²) in [6, 6.07) is 39.6. The lowest BCUT2D eigenvalue weighted by atomic mass is 9.79. The van der Waals surface area contributed by atoms with Gasteiger partial charge in [0.05, 0.1) is 23.4 Å². The highest BCUT2D eigenvalue weighted by molar-refractivity contribution is 6.11. The van der Waals surface area contributed by atoms with Crippen LogP contribution < -0.4 is 9.64 Å². The minimum atomic E-state index is -2.39. The third-order valence-electron chi connectivity index (χ3n) is 14.1. The maximum atomic E-state index is 8.71. The Labute approximate surface area is 427 Å². The number of fused-ring (bicyclic) bond motifs is 3. The Morgan fingerprint density at radius 1 is 0.514 bits per heavy atom. The van der Waals surface area contributed by atoms with Crippen LogP contribution in [0.5, 0.6) is 11.5 Å². The first kappa shape index (κ1) is 41.2. The molecule has 1 aliphatic rings. The Morgan fingerprint density at radius 3 is 1.69 bits per heavy atom. The predicted molar refractivity (Wildman–Crippen MR) is 299 cm³/mol. The zero-order chi connectivity index (χ0) is 55.4. The fourth-order valence-electron chi connectivity index (χ4n) is 9.99. The fourth-order valence-corrected chi connectivity index (χ4v) is 9.99.